The number of halogens is 1. The summed E-state index contributed by atoms with van der Waals surface area (Å²) in [5.74, 6) is -0.352. The summed E-state index contributed by atoms with van der Waals surface area (Å²) in [6.45, 7) is 14.7. The Hall–Kier alpha value is -2.64. The predicted octanol–water partition coefficient (Wildman–Crippen LogP) is 5.04. The van der Waals surface area contributed by atoms with Crippen LogP contribution in [0.25, 0.3) is 5.70 Å². The van der Waals surface area contributed by atoms with Crippen molar-refractivity contribution in [3.05, 3.63) is 65.2 Å². The van der Waals surface area contributed by atoms with Crippen LogP contribution >= 0.6 is 0 Å². The van der Waals surface area contributed by atoms with Gasteiger partial charge in [-0.15, -0.1) is 0 Å². The van der Waals surface area contributed by atoms with Crippen LogP contribution in [0.5, 0.6) is 0 Å². The second kappa shape index (κ2) is 8.21. The minimum Gasteiger partial charge on any atom is -0.461 e. The molecule has 2 aliphatic heterocycles. The second-order valence-electron chi connectivity index (χ2n) is 10.9. The minimum absolute atomic E-state index is 0.102. The summed E-state index contributed by atoms with van der Waals surface area (Å²) in [7, 11) is -0.585. The molecular formula is C28H33BFNO4. The Morgan fingerprint density at radius 3 is 2.46 bits per heavy atom. The molecule has 3 aliphatic rings. The molecule has 2 aromatic carbocycles. The Bertz CT molecular complexity index is 1190. The molecular weight excluding hydrogens is 444 g/mol. The molecule has 7 heteroatoms. The number of anilines is 1. The summed E-state index contributed by atoms with van der Waals surface area (Å²) in [5.41, 5.74) is 4.20. The van der Waals surface area contributed by atoms with Crippen molar-refractivity contribution < 1.29 is 23.2 Å². The lowest BCUT2D eigenvalue weighted by molar-refractivity contribution is -0.142. The fraction of sp³-hybridized carbons (Fsp3) is 0.464. The number of rotatable bonds is 5. The SMILES string of the molecule is C=C1c2ccc(C3(F)CC3)cc2CCN1c1cccc(B2OC(C)(C)C(C)(C)O2)c1COC(C)=O. The van der Waals surface area contributed by atoms with Gasteiger partial charge in [-0.3, -0.25) is 4.79 Å². The molecule has 2 fully saturated rings. The number of nitrogens with zero attached hydrogens (tertiary/aromatic N) is 1. The summed E-state index contributed by atoms with van der Waals surface area (Å²) in [5, 5.41) is 0. The summed E-state index contributed by atoms with van der Waals surface area (Å²) in [6, 6.07) is 11.8. The van der Waals surface area contributed by atoms with E-state index in [4.69, 9.17) is 14.0 Å². The van der Waals surface area contributed by atoms with Gasteiger partial charge in [0.1, 0.15) is 12.3 Å². The van der Waals surface area contributed by atoms with Crippen molar-refractivity contribution in [1.29, 1.82) is 0 Å². The highest BCUT2D eigenvalue weighted by Crippen LogP contribution is 2.50. The molecule has 0 amide bonds. The molecule has 184 valence electrons. The first-order valence-electron chi connectivity index (χ1n) is 12.3. The van der Waals surface area contributed by atoms with Crippen molar-refractivity contribution in [3.8, 4) is 0 Å². The molecule has 5 rings (SSSR count). The molecule has 1 saturated carbocycles. The molecule has 1 aliphatic carbocycles. The van der Waals surface area contributed by atoms with E-state index < -0.39 is 24.0 Å². The van der Waals surface area contributed by atoms with Crippen molar-refractivity contribution in [3.63, 3.8) is 0 Å². The average molecular weight is 477 g/mol. The van der Waals surface area contributed by atoms with Crippen LogP contribution in [0, 0.1) is 0 Å². The van der Waals surface area contributed by atoms with E-state index in [1.54, 1.807) is 0 Å². The number of carbonyl (C=O) groups is 1. The average Bonchev–Trinajstić information content (AvgIpc) is 3.50. The van der Waals surface area contributed by atoms with Crippen LogP contribution in [0.2, 0.25) is 0 Å². The third kappa shape index (κ3) is 4.19. The van der Waals surface area contributed by atoms with E-state index in [1.165, 1.54) is 6.92 Å². The zero-order valence-electron chi connectivity index (χ0n) is 21.2. The normalized spacial score (nSPS) is 21.6. The van der Waals surface area contributed by atoms with E-state index in [0.29, 0.717) is 19.4 Å². The molecule has 0 radical (unpaired) electrons. The molecule has 0 unspecified atom stereocenters. The smallest absolute Gasteiger partial charge is 0.461 e. The van der Waals surface area contributed by atoms with Crippen molar-refractivity contribution in [1.82, 2.24) is 0 Å². The molecule has 5 nitrogen and oxygen atoms in total. The highest BCUT2D eigenvalue weighted by atomic mass is 19.1. The van der Waals surface area contributed by atoms with Gasteiger partial charge in [0, 0.05) is 36.0 Å². The topological polar surface area (TPSA) is 48.0 Å². The summed E-state index contributed by atoms with van der Waals surface area (Å²) < 4.78 is 32.8. The van der Waals surface area contributed by atoms with Gasteiger partial charge in [0.2, 0.25) is 0 Å². The molecule has 0 spiro atoms. The number of fused-ring (bicyclic) bond motifs is 1. The fourth-order valence-electron chi connectivity index (χ4n) is 4.90. The van der Waals surface area contributed by atoms with Crippen LogP contribution in [0.4, 0.5) is 10.1 Å². The lowest BCUT2D eigenvalue weighted by Gasteiger charge is -2.35. The van der Waals surface area contributed by atoms with Gasteiger partial charge in [0.15, 0.2) is 0 Å². The van der Waals surface area contributed by atoms with Gasteiger partial charge in [0.05, 0.1) is 11.2 Å². The van der Waals surface area contributed by atoms with Crippen LogP contribution in [-0.4, -0.2) is 30.8 Å². The van der Waals surface area contributed by atoms with Crippen LogP contribution in [0.1, 0.15) is 69.7 Å². The highest BCUT2D eigenvalue weighted by Gasteiger charge is 2.52. The fourth-order valence-corrected chi connectivity index (χ4v) is 4.90. The van der Waals surface area contributed by atoms with Crippen molar-refractivity contribution >= 4 is 29.9 Å². The number of alkyl halides is 1. The Morgan fingerprint density at radius 2 is 1.83 bits per heavy atom. The largest absolute Gasteiger partial charge is 0.495 e. The van der Waals surface area contributed by atoms with E-state index in [-0.39, 0.29) is 12.6 Å². The minimum atomic E-state index is -1.15. The third-order valence-electron chi connectivity index (χ3n) is 7.96. The number of hydrogen-bond donors (Lipinski definition) is 0. The number of ether oxygens (including phenoxy) is 1. The van der Waals surface area contributed by atoms with Crippen molar-refractivity contribution in [2.24, 2.45) is 0 Å². The quantitative estimate of drug-likeness (QED) is 0.446. The van der Waals surface area contributed by atoms with Gasteiger partial charge in [0.25, 0.3) is 0 Å². The first kappa shape index (κ1) is 24.1. The molecule has 0 atom stereocenters. The maximum atomic E-state index is 14.6. The van der Waals surface area contributed by atoms with Crippen LogP contribution in [0.15, 0.2) is 43.0 Å². The number of esters is 1. The molecule has 0 N–H and O–H groups in total. The number of hydrogen-bond acceptors (Lipinski definition) is 5. The van der Waals surface area contributed by atoms with Crippen LogP contribution < -0.4 is 10.4 Å². The third-order valence-corrected chi connectivity index (χ3v) is 7.96. The summed E-state index contributed by atoms with van der Waals surface area (Å²) in [6.07, 6.45) is 1.97. The zero-order chi connectivity index (χ0) is 25.2. The Kier molecular flexibility index (Phi) is 5.64. The molecule has 1 saturated heterocycles. The second-order valence-corrected chi connectivity index (χ2v) is 10.9. The first-order valence-corrected chi connectivity index (χ1v) is 12.3. The van der Waals surface area contributed by atoms with E-state index in [9.17, 15) is 9.18 Å². The Balaban J connectivity index is 1.51. The Morgan fingerprint density at radius 1 is 1.14 bits per heavy atom. The maximum absolute atomic E-state index is 14.6. The zero-order valence-corrected chi connectivity index (χ0v) is 21.2. The maximum Gasteiger partial charge on any atom is 0.495 e. The first-order chi connectivity index (χ1) is 16.4. The van der Waals surface area contributed by atoms with Gasteiger partial charge in [-0.25, -0.2) is 4.39 Å². The highest BCUT2D eigenvalue weighted by molar-refractivity contribution is 6.62. The molecule has 0 bridgehead atoms. The van der Waals surface area contributed by atoms with Crippen LogP contribution in [0.3, 0.4) is 0 Å². The molecule has 0 aromatic heterocycles. The lowest BCUT2D eigenvalue weighted by Crippen LogP contribution is -2.41. The number of benzene rings is 2. The van der Waals surface area contributed by atoms with E-state index in [1.807, 2.05) is 64.1 Å². The number of carbonyl (C=O) groups excluding carboxylic acids is 1. The van der Waals surface area contributed by atoms with Crippen molar-refractivity contribution in [2.45, 2.75) is 77.4 Å². The van der Waals surface area contributed by atoms with Crippen LogP contribution in [-0.2, 0) is 37.5 Å². The lowest BCUT2D eigenvalue weighted by atomic mass is 9.75. The summed E-state index contributed by atoms with van der Waals surface area (Å²) in [4.78, 5) is 13.9. The molecule has 2 aromatic rings. The predicted molar refractivity (Wildman–Crippen MR) is 136 cm³/mol. The van der Waals surface area contributed by atoms with Gasteiger partial charge < -0.3 is 18.9 Å². The van der Waals surface area contributed by atoms with Gasteiger partial charge in [-0.05, 0) is 69.6 Å². The van der Waals surface area contributed by atoms with E-state index >= 15 is 0 Å². The standard InChI is InChI=1S/C28H33BFNO4/c1-18-22-11-10-21(28(30)13-14-28)16-20(22)12-15-31(18)25-9-7-8-24(23(25)17-33-19(2)32)29-34-26(3,4)27(5,6)35-29/h7-11,16H,1,12-15,17H2,2-6H3. The van der Waals surface area contributed by atoms with Gasteiger partial charge >= 0.3 is 13.1 Å². The Labute approximate surface area is 207 Å². The molecule has 35 heavy (non-hydrogen) atoms. The van der Waals surface area contributed by atoms with Crippen molar-refractivity contribution in [2.75, 3.05) is 11.4 Å². The van der Waals surface area contributed by atoms with E-state index in [2.05, 4.69) is 11.5 Å². The monoisotopic (exact) mass is 477 g/mol. The van der Waals surface area contributed by atoms with E-state index in [0.717, 1.165) is 45.5 Å². The molecule has 2 heterocycles. The van der Waals surface area contributed by atoms with Gasteiger partial charge in [-0.1, -0.05) is 36.9 Å². The summed E-state index contributed by atoms with van der Waals surface area (Å²) >= 11 is 0. The van der Waals surface area contributed by atoms with Gasteiger partial charge in [-0.2, -0.15) is 0 Å².